The van der Waals surface area contributed by atoms with Gasteiger partial charge in [-0.2, -0.15) is 5.10 Å². The maximum absolute atomic E-state index is 12.3. The zero-order chi connectivity index (χ0) is 16.4. The highest BCUT2D eigenvalue weighted by Gasteiger charge is 2.11. The van der Waals surface area contributed by atoms with Gasteiger partial charge < -0.3 is 10.1 Å². The van der Waals surface area contributed by atoms with Gasteiger partial charge in [-0.3, -0.25) is 18.8 Å². The van der Waals surface area contributed by atoms with Gasteiger partial charge in [-0.25, -0.2) is 4.98 Å². The van der Waals surface area contributed by atoms with Crippen LogP contribution >= 0.6 is 0 Å². The Morgan fingerprint density at radius 1 is 1.39 bits per heavy atom. The van der Waals surface area contributed by atoms with Crippen LogP contribution in [0.25, 0.3) is 11.0 Å². The van der Waals surface area contributed by atoms with E-state index in [1.165, 1.54) is 21.8 Å². The molecule has 2 aromatic heterocycles. The van der Waals surface area contributed by atoms with E-state index in [1.807, 2.05) is 0 Å². The first-order valence-corrected chi connectivity index (χ1v) is 6.89. The molecule has 0 unspecified atom stereocenters. The van der Waals surface area contributed by atoms with Crippen molar-refractivity contribution in [3.63, 3.8) is 0 Å². The zero-order valence-electron chi connectivity index (χ0n) is 12.7. The summed E-state index contributed by atoms with van der Waals surface area (Å²) in [7, 11) is 3.25. The molecule has 0 aliphatic carbocycles. The Labute approximate surface area is 131 Å². The summed E-state index contributed by atoms with van der Waals surface area (Å²) in [4.78, 5) is 28.6. The quantitative estimate of drug-likeness (QED) is 0.768. The molecule has 23 heavy (non-hydrogen) atoms. The Morgan fingerprint density at radius 2 is 2.22 bits per heavy atom. The average molecular weight is 313 g/mol. The van der Waals surface area contributed by atoms with Crippen LogP contribution in [0.2, 0.25) is 0 Å². The Morgan fingerprint density at radius 3 is 3.00 bits per heavy atom. The first kappa shape index (κ1) is 14.8. The van der Waals surface area contributed by atoms with Crippen molar-refractivity contribution in [2.75, 3.05) is 12.4 Å². The van der Waals surface area contributed by atoms with Gasteiger partial charge in [-0.15, -0.1) is 0 Å². The number of carbonyl (C=O) groups is 1. The molecular formula is C15H15N5O3. The second-order valence-corrected chi connectivity index (χ2v) is 4.96. The number of ether oxygens (including phenoxy) is 1. The lowest BCUT2D eigenvalue weighted by Gasteiger charge is -2.08. The van der Waals surface area contributed by atoms with Crippen LogP contribution in [-0.4, -0.2) is 32.3 Å². The molecule has 0 fully saturated rings. The van der Waals surface area contributed by atoms with Crippen LogP contribution in [0.1, 0.15) is 0 Å². The molecule has 3 aromatic rings. The monoisotopic (exact) mass is 313 g/mol. The van der Waals surface area contributed by atoms with Gasteiger partial charge in [0, 0.05) is 18.8 Å². The maximum atomic E-state index is 12.3. The third-order valence-electron chi connectivity index (χ3n) is 3.39. The molecule has 0 saturated carbocycles. The molecule has 1 amide bonds. The standard InChI is InChI=1S/C15H15N5O3/c1-19-14-12(7-17-19)15(22)20(9-16-14)8-13(21)18-10-4-3-5-11(6-10)23-2/h3-7,9H,8H2,1-2H3,(H,18,21). The van der Waals surface area contributed by atoms with Crippen molar-refractivity contribution in [1.29, 1.82) is 0 Å². The topological polar surface area (TPSA) is 91.0 Å². The fourth-order valence-corrected chi connectivity index (χ4v) is 2.24. The van der Waals surface area contributed by atoms with Crippen molar-refractivity contribution in [3.05, 3.63) is 47.1 Å². The van der Waals surface area contributed by atoms with Crippen LogP contribution in [0, 0.1) is 0 Å². The highest BCUT2D eigenvalue weighted by atomic mass is 16.5. The van der Waals surface area contributed by atoms with Crippen molar-refractivity contribution >= 4 is 22.6 Å². The summed E-state index contributed by atoms with van der Waals surface area (Å²) in [6.45, 7) is -0.131. The van der Waals surface area contributed by atoms with Gasteiger partial charge in [0.25, 0.3) is 5.56 Å². The second kappa shape index (κ2) is 5.91. The Hall–Kier alpha value is -3.16. The lowest BCUT2D eigenvalue weighted by Crippen LogP contribution is -2.27. The van der Waals surface area contributed by atoms with E-state index >= 15 is 0 Å². The molecule has 0 aliphatic heterocycles. The van der Waals surface area contributed by atoms with Gasteiger partial charge >= 0.3 is 0 Å². The largest absolute Gasteiger partial charge is 0.497 e. The van der Waals surface area contributed by atoms with E-state index < -0.39 is 0 Å². The number of aryl methyl sites for hydroxylation is 1. The predicted molar refractivity (Wildman–Crippen MR) is 84.4 cm³/mol. The van der Waals surface area contributed by atoms with Gasteiger partial charge in [0.1, 0.15) is 24.0 Å². The van der Waals surface area contributed by atoms with E-state index in [1.54, 1.807) is 38.4 Å². The van der Waals surface area contributed by atoms with E-state index in [-0.39, 0.29) is 18.0 Å². The van der Waals surface area contributed by atoms with Gasteiger partial charge in [-0.1, -0.05) is 6.07 Å². The van der Waals surface area contributed by atoms with Crippen LogP contribution in [0.5, 0.6) is 5.75 Å². The second-order valence-electron chi connectivity index (χ2n) is 4.96. The fourth-order valence-electron chi connectivity index (χ4n) is 2.24. The number of amides is 1. The molecule has 1 aromatic carbocycles. The Bertz CT molecular complexity index is 928. The minimum atomic E-state index is -0.328. The molecule has 0 radical (unpaired) electrons. The first-order chi connectivity index (χ1) is 11.1. The number of nitrogens with one attached hydrogen (secondary N) is 1. The average Bonchev–Trinajstić information content (AvgIpc) is 2.92. The number of aromatic nitrogens is 4. The van der Waals surface area contributed by atoms with Gasteiger partial charge in [0.2, 0.25) is 5.91 Å². The molecule has 1 N–H and O–H groups in total. The molecular weight excluding hydrogens is 298 g/mol. The number of benzene rings is 1. The number of methoxy groups -OCH3 is 1. The summed E-state index contributed by atoms with van der Waals surface area (Å²) in [5, 5.41) is 7.09. The lowest BCUT2D eigenvalue weighted by atomic mass is 10.3. The molecule has 8 heteroatoms. The number of nitrogens with zero attached hydrogens (tertiary/aromatic N) is 4. The molecule has 2 heterocycles. The number of anilines is 1. The number of hydrogen-bond donors (Lipinski definition) is 1. The molecule has 0 bridgehead atoms. The normalized spacial score (nSPS) is 10.7. The summed E-state index contributed by atoms with van der Waals surface area (Å²) in [5.74, 6) is 0.309. The van der Waals surface area contributed by atoms with Crippen LogP contribution in [0.15, 0.2) is 41.6 Å². The van der Waals surface area contributed by atoms with Gasteiger partial charge in [0.05, 0.1) is 13.3 Å². The van der Waals surface area contributed by atoms with Crippen molar-refractivity contribution in [2.24, 2.45) is 7.05 Å². The number of fused-ring (bicyclic) bond motifs is 1. The SMILES string of the molecule is COc1cccc(NC(=O)Cn2cnc3c(cnn3C)c2=O)c1. The summed E-state index contributed by atoms with van der Waals surface area (Å²) >= 11 is 0. The van der Waals surface area contributed by atoms with E-state index in [2.05, 4.69) is 15.4 Å². The molecule has 3 rings (SSSR count). The van der Waals surface area contributed by atoms with Gasteiger partial charge in [-0.05, 0) is 12.1 Å². The zero-order valence-corrected chi connectivity index (χ0v) is 12.7. The molecule has 0 aliphatic rings. The van der Waals surface area contributed by atoms with Crippen molar-refractivity contribution in [2.45, 2.75) is 6.54 Å². The number of rotatable bonds is 4. The minimum absolute atomic E-state index is 0.131. The fraction of sp³-hybridized carbons (Fsp3) is 0.200. The predicted octanol–water partition coefficient (Wildman–Crippen LogP) is 0.777. The molecule has 0 saturated heterocycles. The van der Waals surface area contributed by atoms with E-state index in [4.69, 9.17) is 4.74 Å². The van der Waals surface area contributed by atoms with Crippen LogP contribution in [0.3, 0.4) is 0 Å². The van der Waals surface area contributed by atoms with Crippen LogP contribution in [-0.2, 0) is 18.4 Å². The molecule has 0 spiro atoms. The highest BCUT2D eigenvalue weighted by Crippen LogP contribution is 2.16. The third kappa shape index (κ3) is 2.91. The highest BCUT2D eigenvalue weighted by molar-refractivity contribution is 5.90. The molecule has 118 valence electrons. The van der Waals surface area contributed by atoms with Crippen LogP contribution < -0.4 is 15.6 Å². The summed E-state index contributed by atoms with van der Waals surface area (Å²) in [6.07, 6.45) is 2.79. The minimum Gasteiger partial charge on any atom is -0.497 e. The summed E-state index contributed by atoms with van der Waals surface area (Å²) < 4.78 is 7.86. The smallest absolute Gasteiger partial charge is 0.264 e. The summed E-state index contributed by atoms with van der Waals surface area (Å²) in [5.41, 5.74) is 0.779. The van der Waals surface area contributed by atoms with Crippen molar-refractivity contribution < 1.29 is 9.53 Å². The Balaban J connectivity index is 1.80. The van der Waals surface area contributed by atoms with E-state index in [9.17, 15) is 9.59 Å². The summed E-state index contributed by atoms with van der Waals surface area (Å²) in [6, 6.07) is 6.99. The van der Waals surface area contributed by atoms with Crippen LogP contribution in [0.4, 0.5) is 5.69 Å². The first-order valence-electron chi connectivity index (χ1n) is 6.89. The van der Waals surface area contributed by atoms with Crippen molar-refractivity contribution in [1.82, 2.24) is 19.3 Å². The maximum Gasteiger partial charge on any atom is 0.264 e. The van der Waals surface area contributed by atoms with E-state index in [0.29, 0.717) is 22.5 Å². The molecule has 0 atom stereocenters. The Kier molecular flexibility index (Phi) is 3.80. The molecule has 8 nitrogen and oxygen atoms in total. The third-order valence-corrected chi connectivity index (χ3v) is 3.39. The van der Waals surface area contributed by atoms with Crippen molar-refractivity contribution in [3.8, 4) is 5.75 Å². The number of carbonyl (C=O) groups excluding carboxylic acids is 1. The van der Waals surface area contributed by atoms with E-state index in [0.717, 1.165) is 0 Å². The lowest BCUT2D eigenvalue weighted by molar-refractivity contribution is -0.116. The number of hydrogen-bond acceptors (Lipinski definition) is 5. The van der Waals surface area contributed by atoms with Gasteiger partial charge in [0.15, 0.2) is 5.65 Å².